The quantitative estimate of drug-likeness (QED) is 0.664. The summed E-state index contributed by atoms with van der Waals surface area (Å²) < 4.78 is 5.60. The maximum atomic E-state index is 11.3. The molecular weight excluding hydrogens is 284 g/mol. The van der Waals surface area contributed by atoms with Gasteiger partial charge in [-0.25, -0.2) is 0 Å². The molecule has 22 heavy (non-hydrogen) atoms. The molecule has 3 rings (SSSR count). The monoisotopic (exact) mass is 302 g/mol. The Morgan fingerprint density at radius 3 is 2.64 bits per heavy atom. The van der Waals surface area contributed by atoms with Crippen molar-refractivity contribution in [3.05, 3.63) is 27.8 Å². The van der Waals surface area contributed by atoms with Gasteiger partial charge in [0.15, 0.2) is 11.5 Å². The number of aromatic hydroxyl groups is 1. The Kier molecular flexibility index (Phi) is 3.65. The van der Waals surface area contributed by atoms with Crippen LogP contribution in [0, 0.1) is 27.4 Å². The van der Waals surface area contributed by atoms with Gasteiger partial charge in [-0.2, -0.15) is 5.26 Å². The van der Waals surface area contributed by atoms with E-state index in [1.807, 2.05) is 0 Å². The van der Waals surface area contributed by atoms with Crippen molar-refractivity contribution in [1.82, 2.24) is 0 Å². The second-order valence-electron chi connectivity index (χ2n) is 6.25. The van der Waals surface area contributed by atoms with Crippen molar-refractivity contribution in [2.24, 2.45) is 5.92 Å². The summed E-state index contributed by atoms with van der Waals surface area (Å²) in [6.07, 6.45) is 5.20. The predicted molar refractivity (Wildman–Crippen MR) is 78.7 cm³/mol. The van der Waals surface area contributed by atoms with Gasteiger partial charge in [-0.15, -0.1) is 0 Å². The van der Waals surface area contributed by atoms with Crippen LogP contribution in [0.4, 0.5) is 5.69 Å². The molecule has 2 aliphatic rings. The molecular formula is C16H18N2O4. The molecule has 116 valence electrons. The van der Waals surface area contributed by atoms with Crippen LogP contribution in [0.25, 0.3) is 0 Å². The molecule has 0 atom stereocenters. The van der Waals surface area contributed by atoms with Crippen LogP contribution < -0.4 is 4.74 Å². The summed E-state index contributed by atoms with van der Waals surface area (Å²) >= 11 is 0. The zero-order chi connectivity index (χ0) is 15.7. The molecule has 2 fully saturated rings. The minimum Gasteiger partial charge on any atom is -0.504 e. The fraction of sp³-hybridized carbons (Fsp3) is 0.562. The van der Waals surface area contributed by atoms with Gasteiger partial charge in [-0.05, 0) is 37.7 Å². The fourth-order valence-corrected chi connectivity index (χ4v) is 3.12. The van der Waals surface area contributed by atoms with Gasteiger partial charge in [0, 0.05) is 0 Å². The number of hydrogen-bond donors (Lipinski definition) is 1. The van der Waals surface area contributed by atoms with Crippen LogP contribution in [-0.4, -0.2) is 16.6 Å². The summed E-state index contributed by atoms with van der Waals surface area (Å²) in [5, 5.41) is 30.9. The first-order valence-corrected chi connectivity index (χ1v) is 7.62. The van der Waals surface area contributed by atoms with Crippen LogP contribution in [0.15, 0.2) is 12.1 Å². The molecule has 1 N–H and O–H groups in total. The molecule has 0 amide bonds. The third-order valence-corrected chi connectivity index (χ3v) is 4.63. The molecule has 0 saturated heterocycles. The highest BCUT2D eigenvalue weighted by atomic mass is 16.6. The Morgan fingerprint density at radius 1 is 1.41 bits per heavy atom. The van der Waals surface area contributed by atoms with E-state index in [9.17, 15) is 20.5 Å². The zero-order valence-electron chi connectivity index (χ0n) is 12.2. The molecule has 6 heteroatoms. The first kappa shape index (κ1) is 14.6. The molecule has 6 nitrogen and oxygen atoms in total. The van der Waals surface area contributed by atoms with Crippen LogP contribution in [0.5, 0.6) is 11.5 Å². The number of phenolic OH excluding ortho intramolecular Hbond substituents is 1. The van der Waals surface area contributed by atoms with Crippen molar-refractivity contribution < 1.29 is 14.8 Å². The van der Waals surface area contributed by atoms with Crippen LogP contribution in [0.1, 0.15) is 44.1 Å². The number of nitriles is 1. The average molecular weight is 302 g/mol. The Hall–Kier alpha value is -2.29. The minimum atomic E-state index is -0.839. The van der Waals surface area contributed by atoms with Crippen molar-refractivity contribution in [2.75, 3.05) is 6.61 Å². The SMILES string of the molecule is N#CC1(c2cc(OCC3CC3)c(O)cc2[N+](=O)[O-])CCCC1. The second kappa shape index (κ2) is 5.48. The number of phenols is 1. The van der Waals surface area contributed by atoms with Gasteiger partial charge >= 0.3 is 0 Å². The molecule has 0 aromatic heterocycles. The van der Waals surface area contributed by atoms with Gasteiger partial charge in [0.25, 0.3) is 5.69 Å². The zero-order valence-corrected chi connectivity index (χ0v) is 12.2. The van der Waals surface area contributed by atoms with E-state index in [0.717, 1.165) is 31.7 Å². The number of rotatable bonds is 5. The van der Waals surface area contributed by atoms with Crippen LogP contribution in [0.2, 0.25) is 0 Å². The van der Waals surface area contributed by atoms with E-state index in [0.29, 0.717) is 30.9 Å². The van der Waals surface area contributed by atoms with Gasteiger partial charge < -0.3 is 9.84 Å². The molecule has 0 aliphatic heterocycles. The summed E-state index contributed by atoms with van der Waals surface area (Å²) in [5.74, 6) is 0.519. The van der Waals surface area contributed by atoms with Crippen molar-refractivity contribution in [3.63, 3.8) is 0 Å². The topological polar surface area (TPSA) is 96.4 Å². The Morgan fingerprint density at radius 2 is 2.09 bits per heavy atom. The highest BCUT2D eigenvalue weighted by molar-refractivity contribution is 5.58. The molecule has 0 heterocycles. The average Bonchev–Trinajstić information content (AvgIpc) is 3.20. The van der Waals surface area contributed by atoms with E-state index < -0.39 is 10.3 Å². The molecule has 2 saturated carbocycles. The molecule has 1 aromatic carbocycles. The van der Waals surface area contributed by atoms with E-state index in [1.54, 1.807) is 0 Å². The Labute approximate surface area is 128 Å². The second-order valence-corrected chi connectivity index (χ2v) is 6.25. The highest BCUT2D eigenvalue weighted by Gasteiger charge is 2.41. The summed E-state index contributed by atoms with van der Waals surface area (Å²) in [5.41, 5.74) is -0.658. The van der Waals surface area contributed by atoms with Crippen LogP contribution in [0.3, 0.4) is 0 Å². The molecule has 1 aromatic rings. The smallest absolute Gasteiger partial charge is 0.278 e. The van der Waals surface area contributed by atoms with Crippen molar-refractivity contribution in [3.8, 4) is 17.6 Å². The van der Waals surface area contributed by atoms with Gasteiger partial charge in [0.1, 0.15) is 0 Å². The summed E-state index contributed by atoms with van der Waals surface area (Å²) in [6, 6.07) is 4.90. The fourth-order valence-electron chi connectivity index (χ4n) is 3.12. The normalized spacial score (nSPS) is 19.6. The molecule has 0 radical (unpaired) electrons. The lowest BCUT2D eigenvalue weighted by Crippen LogP contribution is -2.21. The maximum absolute atomic E-state index is 11.3. The number of nitrogens with zero attached hydrogens (tertiary/aromatic N) is 2. The lowest BCUT2D eigenvalue weighted by atomic mass is 9.79. The highest BCUT2D eigenvalue weighted by Crippen LogP contribution is 2.47. The Bertz CT molecular complexity index is 640. The van der Waals surface area contributed by atoms with Gasteiger partial charge in [-0.3, -0.25) is 10.1 Å². The molecule has 2 aliphatic carbocycles. The third-order valence-electron chi connectivity index (χ3n) is 4.63. The van der Waals surface area contributed by atoms with Gasteiger partial charge in [-0.1, -0.05) is 12.8 Å². The standard InChI is InChI=1S/C16H18N2O4/c17-10-16(5-1-2-6-16)12-7-15(22-9-11-3-4-11)14(19)8-13(12)18(20)21/h7-8,11,19H,1-6,9H2. The maximum Gasteiger partial charge on any atom is 0.278 e. The van der Waals surface area contributed by atoms with E-state index in [4.69, 9.17) is 4.74 Å². The summed E-state index contributed by atoms with van der Waals surface area (Å²) in [7, 11) is 0. The summed E-state index contributed by atoms with van der Waals surface area (Å²) in [4.78, 5) is 10.8. The summed E-state index contributed by atoms with van der Waals surface area (Å²) in [6.45, 7) is 0.504. The van der Waals surface area contributed by atoms with E-state index in [-0.39, 0.29) is 17.2 Å². The lowest BCUT2D eigenvalue weighted by molar-refractivity contribution is -0.386. The molecule has 0 unspecified atom stereocenters. The number of nitro benzene ring substituents is 1. The van der Waals surface area contributed by atoms with Gasteiger partial charge in [0.05, 0.1) is 34.6 Å². The number of benzene rings is 1. The van der Waals surface area contributed by atoms with E-state index in [1.165, 1.54) is 6.07 Å². The van der Waals surface area contributed by atoms with Crippen LogP contribution >= 0.6 is 0 Å². The number of hydrogen-bond acceptors (Lipinski definition) is 5. The third kappa shape index (κ3) is 2.59. The largest absolute Gasteiger partial charge is 0.504 e. The van der Waals surface area contributed by atoms with Crippen LogP contribution in [-0.2, 0) is 5.41 Å². The number of ether oxygens (including phenoxy) is 1. The first-order valence-electron chi connectivity index (χ1n) is 7.62. The first-order chi connectivity index (χ1) is 10.6. The predicted octanol–water partition coefficient (Wildman–Crippen LogP) is 3.42. The van der Waals surface area contributed by atoms with E-state index >= 15 is 0 Å². The Balaban J connectivity index is 2.02. The minimum absolute atomic E-state index is 0.195. The van der Waals surface area contributed by atoms with Crippen molar-refractivity contribution in [2.45, 2.75) is 43.9 Å². The number of nitro groups is 1. The lowest BCUT2D eigenvalue weighted by Gasteiger charge is -2.21. The van der Waals surface area contributed by atoms with Crippen molar-refractivity contribution in [1.29, 1.82) is 5.26 Å². The van der Waals surface area contributed by atoms with E-state index in [2.05, 4.69) is 6.07 Å². The molecule has 0 bridgehead atoms. The molecule has 0 spiro atoms. The van der Waals surface area contributed by atoms with Crippen molar-refractivity contribution >= 4 is 5.69 Å². The van der Waals surface area contributed by atoms with Gasteiger partial charge in [0.2, 0.25) is 0 Å².